The predicted molar refractivity (Wildman–Crippen MR) is 169 cm³/mol. The zero-order valence-electron chi connectivity index (χ0n) is 25.1. The minimum Gasteiger partial charge on any atom is -0.437 e. The topological polar surface area (TPSA) is 102 Å². The van der Waals surface area contributed by atoms with E-state index in [0.717, 1.165) is 68.3 Å². The van der Waals surface area contributed by atoms with Crippen LogP contribution in [-0.2, 0) is 4.74 Å². The monoisotopic (exact) mass is 613 g/mol. The minimum atomic E-state index is -0.862. The molecule has 4 aromatic rings. The smallest absolute Gasteiger partial charge is 0.437 e. The molecule has 234 valence electrons. The van der Waals surface area contributed by atoms with Gasteiger partial charge in [-0.3, -0.25) is 14.9 Å². The fourth-order valence-corrected chi connectivity index (χ4v) is 6.07. The first-order valence-electron chi connectivity index (χ1n) is 15.1. The summed E-state index contributed by atoms with van der Waals surface area (Å²) in [5, 5.41) is 12.4. The molecule has 0 N–H and O–H groups in total. The van der Waals surface area contributed by atoms with Gasteiger partial charge in [0.15, 0.2) is 0 Å². The van der Waals surface area contributed by atoms with E-state index in [9.17, 15) is 24.1 Å². The molecule has 0 aromatic heterocycles. The van der Waals surface area contributed by atoms with Crippen molar-refractivity contribution in [1.82, 2.24) is 9.80 Å². The molecular formula is C35H36FN3O6. The van der Waals surface area contributed by atoms with E-state index in [1.54, 1.807) is 12.1 Å². The first kappa shape index (κ1) is 31.6. The van der Waals surface area contributed by atoms with Crippen molar-refractivity contribution in [3.63, 3.8) is 0 Å². The van der Waals surface area contributed by atoms with Gasteiger partial charge in [-0.25, -0.2) is 9.18 Å². The molecule has 2 aliphatic rings. The number of ether oxygens (including phenoxy) is 2. The molecule has 9 nitrogen and oxygen atoms in total. The van der Waals surface area contributed by atoms with Gasteiger partial charge in [-0.15, -0.1) is 0 Å². The van der Waals surface area contributed by atoms with E-state index in [1.807, 2.05) is 47.4 Å². The van der Waals surface area contributed by atoms with Crippen LogP contribution in [0, 0.1) is 21.8 Å². The number of nitro benzene ring substituents is 1. The molecule has 2 saturated heterocycles. The average Bonchev–Trinajstić information content (AvgIpc) is 3.54. The van der Waals surface area contributed by atoms with Gasteiger partial charge in [-0.05, 0) is 90.9 Å². The molecule has 6 rings (SSSR count). The highest BCUT2D eigenvalue weighted by molar-refractivity contribution is 6.07. The molecule has 0 spiro atoms. The summed E-state index contributed by atoms with van der Waals surface area (Å²) in [5.74, 6) is 1.27. The molecule has 0 aliphatic carbocycles. The van der Waals surface area contributed by atoms with Crippen molar-refractivity contribution < 1.29 is 28.4 Å². The van der Waals surface area contributed by atoms with Gasteiger partial charge in [0.2, 0.25) is 0 Å². The largest absolute Gasteiger partial charge is 0.513 e. The van der Waals surface area contributed by atoms with Crippen molar-refractivity contribution in [2.24, 2.45) is 5.92 Å². The number of likely N-dealkylation sites (tertiary alicyclic amines) is 2. The van der Waals surface area contributed by atoms with Crippen molar-refractivity contribution >= 4 is 28.5 Å². The highest BCUT2D eigenvalue weighted by Crippen LogP contribution is 2.30. The highest BCUT2D eigenvalue weighted by Gasteiger charge is 2.30. The summed E-state index contributed by atoms with van der Waals surface area (Å²) in [5.41, 5.74) is 2.01. The summed E-state index contributed by atoms with van der Waals surface area (Å²) in [6.45, 7) is 4.92. The van der Waals surface area contributed by atoms with Crippen LogP contribution in [0.1, 0.15) is 41.1 Å². The second-order valence-electron chi connectivity index (χ2n) is 11.4. The number of carbonyl (C=O) groups excluding carboxylic acids is 2. The molecule has 45 heavy (non-hydrogen) atoms. The van der Waals surface area contributed by atoms with E-state index in [0.29, 0.717) is 11.8 Å². The van der Waals surface area contributed by atoms with Crippen LogP contribution >= 0.6 is 0 Å². The number of carbonyl (C=O) groups is 2. The van der Waals surface area contributed by atoms with Crippen molar-refractivity contribution in [2.75, 3.05) is 39.8 Å². The summed E-state index contributed by atoms with van der Waals surface area (Å²) in [6, 6.07) is 26.2. The lowest BCUT2D eigenvalue weighted by molar-refractivity contribution is -0.384. The van der Waals surface area contributed by atoms with Crippen molar-refractivity contribution in [3.05, 3.63) is 118 Å². The summed E-state index contributed by atoms with van der Waals surface area (Å²) in [4.78, 5) is 38.1. The molecule has 10 heteroatoms. The van der Waals surface area contributed by atoms with Crippen LogP contribution in [0.2, 0.25) is 0 Å². The summed E-state index contributed by atoms with van der Waals surface area (Å²) in [6.07, 6.45) is 2.46. The van der Waals surface area contributed by atoms with Gasteiger partial charge in [0, 0.05) is 37.3 Å². The van der Waals surface area contributed by atoms with Crippen LogP contribution in [0.25, 0.3) is 10.8 Å². The first-order chi connectivity index (χ1) is 21.8. The van der Waals surface area contributed by atoms with Crippen molar-refractivity contribution in [2.45, 2.75) is 25.2 Å². The van der Waals surface area contributed by atoms with Gasteiger partial charge in [-0.1, -0.05) is 48.5 Å². The third-order valence-corrected chi connectivity index (χ3v) is 8.45. The predicted octanol–water partition coefficient (Wildman–Crippen LogP) is 7.06. The zero-order valence-corrected chi connectivity index (χ0v) is 25.1. The lowest BCUT2D eigenvalue weighted by atomic mass is 9.89. The van der Waals surface area contributed by atoms with Gasteiger partial charge in [0.1, 0.15) is 11.6 Å². The molecule has 1 atom stereocenters. The van der Waals surface area contributed by atoms with Gasteiger partial charge < -0.3 is 19.3 Å². The summed E-state index contributed by atoms with van der Waals surface area (Å²) in [7, 11) is 1.17. The van der Waals surface area contributed by atoms with Crippen LogP contribution < -0.4 is 4.74 Å². The Kier molecular flexibility index (Phi) is 10.4. The number of non-ortho nitro benzene ring substituents is 1. The molecule has 0 radical (unpaired) electrons. The molecule has 0 saturated carbocycles. The number of nitro groups is 1. The quantitative estimate of drug-likeness (QED) is 0.0993. The standard InChI is InChI=1S/C27H29FN2O.C8H7NO5/c28-24-10-8-21(9-11-24)22-13-15-29(16-14-22)18-20-12-17-30(19-20)27(31)26-7-3-5-23-4-1-2-6-25(23)26;1-13-8(10)14-7-4-2-6(3-5-7)9(11)12/h1-11,20,22H,12-19H2;2-5H,1H3/t20-;/m1./s1. The van der Waals surface area contributed by atoms with Gasteiger partial charge >= 0.3 is 6.16 Å². The van der Waals surface area contributed by atoms with E-state index in [1.165, 1.54) is 36.9 Å². The van der Waals surface area contributed by atoms with Crippen LogP contribution in [-0.4, -0.2) is 66.6 Å². The number of halogens is 1. The Balaban J connectivity index is 0.000000241. The Hall–Kier alpha value is -4.83. The molecule has 2 aliphatic heterocycles. The fraction of sp³-hybridized carbons (Fsp3) is 0.314. The third kappa shape index (κ3) is 8.21. The first-order valence-corrected chi connectivity index (χ1v) is 15.1. The molecule has 2 heterocycles. The second kappa shape index (κ2) is 14.8. The summed E-state index contributed by atoms with van der Waals surface area (Å²) < 4.78 is 22.0. The van der Waals surface area contributed by atoms with Crippen LogP contribution in [0.15, 0.2) is 91.0 Å². The fourth-order valence-electron chi connectivity index (χ4n) is 6.07. The zero-order chi connectivity index (χ0) is 31.8. The minimum absolute atomic E-state index is 0.0674. The van der Waals surface area contributed by atoms with Crippen molar-refractivity contribution in [1.29, 1.82) is 0 Å². The maximum atomic E-state index is 13.2. The number of nitrogens with zero attached hydrogens (tertiary/aromatic N) is 3. The van der Waals surface area contributed by atoms with E-state index >= 15 is 0 Å². The third-order valence-electron chi connectivity index (χ3n) is 8.45. The lowest BCUT2D eigenvalue weighted by Crippen LogP contribution is -2.37. The number of hydrogen-bond donors (Lipinski definition) is 0. The number of methoxy groups -OCH3 is 1. The van der Waals surface area contributed by atoms with Gasteiger partial charge in [0.25, 0.3) is 11.6 Å². The second-order valence-corrected chi connectivity index (χ2v) is 11.4. The number of amides is 1. The normalized spacial score (nSPS) is 16.9. The Morgan fingerprint density at radius 2 is 1.58 bits per heavy atom. The van der Waals surface area contributed by atoms with E-state index in [4.69, 9.17) is 0 Å². The van der Waals surface area contributed by atoms with Crippen LogP contribution in [0.3, 0.4) is 0 Å². The van der Waals surface area contributed by atoms with Gasteiger partial charge in [-0.2, -0.15) is 0 Å². The average molecular weight is 614 g/mol. The number of fused-ring (bicyclic) bond motifs is 1. The Bertz CT molecular complexity index is 1620. The van der Waals surface area contributed by atoms with Gasteiger partial charge in [0.05, 0.1) is 12.0 Å². The maximum absolute atomic E-state index is 13.2. The highest BCUT2D eigenvalue weighted by atomic mass is 19.1. The lowest BCUT2D eigenvalue weighted by Gasteiger charge is -2.33. The number of piperidine rings is 1. The Labute approximate surface area is 261 Å². The van der Waals surface area contributed by atoms with Crippen LogP contribution in [0.4, 0.5) is 14.9 Å². The van der Waals surface area contributed by atoms with Crippen LogP contribution in [0.5, 0.6) is 5.75 Å². The van der Waals surface area contributed by atoms with E-state index in [-0.39, 0.29) is 23.2 Å². The maximum Gasteiger partial charge on any atom is 0.513 e. The number of hydrogen-bond acceptors (Lipinski definition) is 7. The number of benzene rings is 4. The SMILES string of the molecule is COC(=O)Oc1ccc([N+](=O)[O-])cc1.O=C(c1cccc2ccccc12)N1CC[C@H](CN2CCC(c3ccc(F)cc3)CC2)C1. The van der Waals surface area contributed by atoms with Crippen molar-refractivity contribution in [3.8, 4) is 5.75 Å². The number of rotatable bonds is 6. The molecule has 0 bridgehead atoms. The Morgan fingerprint density at radius 3 is 2.27 bits per heavy atom. The molecule has 4 aromatic carbocycles. The molecule has 0 unspecified atom stereocenters. The Morgan fingerprint density at radius 1 is 0.889 bits per heavy atom. The van der Waals surface area contributed by atoms with E-state index in [2.05, 4.69) is 26.5 Å². The van der Waals surface area contributed by atoms with E-state index < -0.39 is 11.1 Å². The molecule has 2 fully saturated rings. The summed E-state index contributed by atoms with van der Waals surface area (Å²) >= 11 is 0. The molecular weight excluding hydrogens is 577 g/mol. The molecule has 1 amide bonds.